The number of rotatable bonds is 7. The number of hydrogen-bond acceptors (Lipinski definition) is 3. The first-order valence-electron chi connectivity index (χ1n) is 9.60. The molecule has 0 aliphatic carbocycles. The van der Waals surface area contributed by atoms with Crippen LogP contribution in [0, 0.1) is 13.8 Å². The molecule has 6 heteroatoms. The van der Waals surface area contributed by atoms with E-state index in [-0.39, 0.29) is 0 Å². The van der Waals surface area contributed by atoms with Crippen LogP contribution in [0.3, 0.4) is 0 Å². The Morgan fingerprint density at radius 2 is 1.74 bits per heavy atom. The molecule has 0 aromatic heterocycles. The van der Waals surface area contributed by atoms with Crippen molar-refractivity contribution < 1.29 is 17.9 Å². The number of ether oxygens (including phenoxy) is 1. The monoisotopic (exact) mass is 384 g/mol. The Bertz CT molecular complexity index is 648. The number of hydrogen-bond donors (Lipinski definition) is 0. The van der Waals surface area contributed by atoms with E-state index in [0.717, 1.165) is 24.2 Å². The average molecular weight is 384 g/mol. The van der Waals surface area contributed by atoms with Crippen molar-refractivity contribution in [3.63, 3.8) is 0 Å². The summed E-state index contributed by atoms with van der Waals surface area (Å²) in [5.74, 6) is 0.854. The van der Waals surface area contributed by atoms with Crippen LogP contribution in [0.25, 0.3) is 6.08 Å². The third kappa shape index (κ3) is 6.25. The summed E-state index contributed by atoms with van der Waals surface area (Å²) in [7, 11) is 1.68. The van der Waals surface area contributed by atoms with Crippen molar-refractivity contribution in [1.82, 2.24) is 9.80 Å². The van der Waals surface area contributed by atoms with Gasteiger partial charge in [-0.15, -0.1) is 0 Å². The summed E-state index contributed by atoms with van der Waals surface area (Å²) in [5, 5.41) is 0. The van der Waals surface area contributed by atoms with E-state index in [2.05, 4.69) is 43.9 Å². The molecule has 1 aliphatic rings. The van der Waals surface area contributed by atoms with Crippen LogP contribution >= 0.6 is 0 Å². The van der Waals surface area contributed by atoms with Crippen LogP contribution in [0.15, 0.2) is 12.1 Å². The molecule has 0 atom stereocenters. The van der Waals surface area contributed by atoms with Crippen LogP contribution < -0.4 is 4.74 Å². The number of aryl methyl sites for hydroxylation is 1. The van der Waals surface area contributed by atoms with E-state index in [1.54, 1.807) is 7.11 Å². The second-order valence-corrected chi connectivity index (χ2v) is 7.27. The molecular weight excluding hydrogens is 353 g/mol. The molecule has 0 amide bonds. The molecule has 2 rings (SSSR count). The second kappa shape index (κ2) is 9.60. The van der Waals surface area contributed by atoms with Crippen LogP contribution in [0.4, 0.5) is 13.2 Å². The molecule has 1 aromatic carbocycles. The van der Waals surface area contributed by atoms with Gasteiger partial charge < -0.3 is 4.74 Å². The van der Waals surface area contributed by atoms with Crippen LogP contribution in [-0.2, 0) is 6.54 Å². The maximum Gasteiger partial charge on any atom is 0.401 e. The minimum absolute atomic E-state index is 0.438. The topological polar surface area (TPSA) is 15.7 Å². The summed E-state index contributed by atoms with van der Waals surface area (Å²) in [6.07, 6.45) is 2.34. The van der Waals surface area contributed by atoms with Crippen molar-refractivity contribution in [2.45, 2.75) is 46.3 Å². The summed E-state index contributed by atoms with van der Waals surface area (Å²) >= 11 is 0. The van der Waals surface area contributed by atoms with E-state index in [4.69, 9.17) is 4.74 Å². The highest BCUT2D eigenvalue weighted by molar-refractivity contribution is 5.63. The van der Waals surface area contributed by atoms with E-state index in [0.29, 0.717) is 32.7 Å². The van der Waals surface area contributed by atoms with Gasteiger partial charge in [-0.05, 0) is 43.0 Å². The average Bonchev–Trinajstić information content (AvgIpc) is 2.60. The number of nitrogens with zero attached hydrogens (tertiary/aromatic N) is 2. The first-order valence-corrected chi connectivity index (χ1v) is 9.60. The molecular formula is C21H31F3N2O. The van der Waals surface area contributed by atoms with Crippen molar-refractivity contribution in [3.05, 3.63) is 34.4 Å². The number of alkyl halides is 3. The molecule has 0 bridgehead atoms. The molecule has 3 nitrogen and oxygen atoms in total. The highest BCUT2D eigenvalue weighted by atomic mass is 19.4. The van der Waals surface area contributed by atoms with Gasteiger partial charge >= 0.3 is 6.18 Å². The molecule has 1 aromatic rings. The van der Waals surface area contributed by atoms with Gasteiger partial charge in [-0.25, -0.2) is 0 Å². The summed E-state index contributed by atoms with van der Waals surface area (Å²) in [6, 6.07) is 2.06. The number of allylic oxidation sites excluding steroid dienone is 1. The summed E-state index contributed by atoms with van der Waals surface area (Å²) in [6.45, 7) is 8.35. The maximum atomic E-state index is 12.6. The first-order chi connectivity index (χ1) is 12.7. The summed E-state index contributed by atoms with van der Waals surface area (Å²) < 4.78 is 43.4. The highest BCUT2D eigenvalue weighted by Gasteiger charge is 2.32. The molecule has 0 saturated carbocycles. The lowest BCUT2D eigenvalue weighted by molar-refractivity contribution is -0.149. The van der Waals surface area contributed by atoms with Gasteiger partial charge in [-0.3, -0.25) is 9.80 Å². The Labute approximate surface area is 160 Å². The molecule has 0 N–H and O–H groups in total. The smallest absolute Gasteiger partial charge is 0.401 e. The van der Waals surface area contributed by atoms with Crippen LogP contribution in [-0.4, -0.2) is 55.8 Å². The van der Waals surface area contributed by atoms with Crippen LogP contribution in [0.2, 0.25) is 0 Å². The Balaban J connectivity index is 2.17. The third-order valence-corrected chi connectivity index (χ3v) is 5.17. The van der Waals surface area contributed by atoms with E-state index in [1.807, 2.05) is 0 Å². The number of benzene rings is 1. The second-order valence-electron chi connectivity index (χ2n) is 7.27. The van der Waals surface area contributed by atoms with Gasteiger partial charge in [0.25, 0.3) is 0 Å². The molecule has 0 spiro atoms. The van der Waals surface area contributed by atoms with E-state index in [9.17, 15) is 13.2 Å². The molecule has 1 aliphatic heterocycles. The van der Waals surface area contributed by atoms with E-state index >= 15 is 0 Å². The standard InChI is InChI=1S/C21H31F3N2O/c1-5-6-7-8-18-17(3)16(2)13-20(27-4)19(18)14-25-9-11-26(12-10-25)15-21(22,23)24/h7-8,13H,5-6,9-12,14-15H2,1-4H3/b8-7-. The lowest BCUT2D eigenvalue weighted by atomic mass is 9.95. The zero-order chi connectivity index (χ0) is 20.0. The van der Waals surface area contributed by atoms with Gasteiger partial charge in [0.05, 0.1) is 13.7 Å². The first kappa shape index (κ1) is 21.8. The lowest BCUT2D eigenvalue weighted by Crippen LogP contribution is -2.48. The highest BCUT2D eigenvalue weighted by Crippen LogP contribution is 2.31. The zero-order valence-corrected chi connectivity index (χ0v) is 16.8. The Kier molecular flexibility index (Phi) is 7.74. The Morgan fingerprint density at radius 3 is 2.30 bits per heavy atom. The quantitative estimate of drug-likeness (QED) is 0.671. The fourth-order valence-electron chi connectivity index (χ4n) is 3.48. The van der Waals surface area contributed by atoms with Gasteiger partial charge in [-0.1, -0.05) is 25.5 Å². The van der Waals surface area contributed by atoms with Gasteiger partial charge in [0.1, 0.15) is 5.75 Å². The van der Waals surface area contributed by atoms with Crippen LogP contribution in [0.5, 0.6) is 5.75 Å². The van der Waals surface area contributed by atoms with Crippen molar-refractivity contribution >= 4 is 6.08 Å². The van der Waals surface area contributed by atoms with Crippen molar-refractivity contribution in [3.8, 4) is 5.75 Å². The molecule has 0 radical (unpaired) electrons. The normalized spacial score (nSPS) is 17.0. The number of halogens is 3. The SMILES string of the molecule is CCC/C=C\c1c(C)c(C)cc(OC)c1CN1CCN(CC(F)(F)F)CC1. The predicted octanol–water partition coefficient (Wildman–Crippen LogP) is 4.81. The zero-order valence-electron chi connectivity index (χ0n) is 16.8. The van der Waals surface area contributed by atoms with Crippen molar-refractivity contribution in [1.29, 1.82) is 0 Å². The lowest BCUT2D eigenvalue weighted by Gasteiger charge is -2.35. The minimum Gasteiger partial charge on any atom is -0.496 e. The maximum absolute atomic E-state index is 12.6. The third-order valence-electron chi connectivity index (χ3n) is 5.17. The number of piperazine rings is 1. The number of methoxy groups -OCH3 is 1. The minimum atomic E-state index is -4.13. The van der Waals surface area contributed by atoms with Gasteiger partial charge in [-0.2, -0.15) is 13.2 Å². The van der Waals surface area contributed by atoms with Gasteiger partial charge in [0.15, 0.2) is 0 Å². The van der Waals surface area contributed by atoms with Crippen molar-refractivity contribution in [2.24, 2.45) is 0 Å². The molecule has 0 unspecified atom stereocenters. The number of unbranched alkanes of at least 4 members (excludes halogenated alkanes) is 1. The van der Waals surface area contributed by atoms with E-state index in [1.165, 1.54) is 21.6 Å². The van der Waals surface area contributed by atoms with E-state index < -0.39 is 12.7 Å². The Morgan fingerprint density at radius 1 is 1.11 bits per heavy atom. The van der Waals surface area contributed by atoms with Crippen LogP contribution in [0.1, 0.15) is 42.0 Å². The molecule has 152 valence electrons. The predicted molar refractivity (Wildman–Crippen MR) is 104 cm³/mol. The van der Waals surface area contributed by atoms with Crippen molar-refractivity contribution in [2.75, 3.05) is 39.8 Å². The fourth-order valence-corrected chi connectivity index (χ4v) is 3.48. The fraction of sp³-hybridized carbons (Fsp3) is 0.619. The molecule has 1 saturated heterocycles. The molecule has 27 heavy (non-hydrogen) atoms. The summed E-state index contributed by atoms with van der Waals surface area (Å²) in [4.78, 5) is 3.70. The largest absolute Gasteiger partial charge is 0.496 e. The molecule has 1 fully saturated rings. The Hall–Kier alpha value is -1.53. The molecule has 1 heterocycles. The summed E-state index contributed by atoms with van der Waals surface area (Å²) in [5.41, 5.74) is 4.71. The van der Waals surface area contributed by atoms with Gasteiger partial charge in [0, 0.05) is 38.3 Å². The van der Waals surface area contributed by atoms with Gasteiger partial charge in [0.2, 0.25) is 0 Å².